The van der Waals surface area contributed by atoms with Crippen molar-refractivity contribution >= 4 is 0 Å². The van der Waals surface area contributed by atoms with Gasteiger partial charge < -0.3 is 5.11 Å². The smallest absolute Gasteiger partial charge is 0.138 e. The molecular formula is C13H25N3O. The van der Waals surface area contributed by atoms with Crippen molar-refractivity contribution in [3.63, 3.8) is 0 Å². The second kappa shape index (κ2) is 5.63. The molecule has 2 atom stereocenters. The lowest BCUT2D eigenvalue weighted by atomic mass is 9.83. The molecule has 98 valence electrons. The van der Waals surface area contributed by atoms with Crippen LogP contribution in [0.2, 0.25) is 0 Å². The van der Waals surface area contributed by atoms with Gasteiger partial charge in [0, 0.05) is 13.5 Å². The predicted molar refractivity (Wildman–Crippen MR) is 68.6 cm³/mol. The number of rotatable bonds is 5. The molecule has 1 heterocycles. The highest BCUT2D eigenvalue weighted by Gasteiger charge is 2.19. The largest absolute Gasteiger partial charge is 0.393 e. The molecule has 0 aliphatic carbocycles. The summed E-state index contributed by atoms with van der Waals surface area (Å²) in [7, 11) is 1.85. The van der Waals surface area contributed by atoms with Crippen LogP contribution in [0.1, 0.15) is 46.4 Å². The Labute approximate surface area is 104 Å². The van der Waals surface area contributed by atoms with Crippen molar-refractivity contribution in [2.24, 2.45) is 18.4 Å². The van der Waals surface area contributed by atoms with Gasteiger partial charge in [-0.15, -0.1) is 0 Å². The fraction of sp³-hybridized carbons (Fsp3) is 0.846. The summed E-state index contributed by atoms with van der Waals surface area (Å²) in [5.41, 5.74) is 0.323. The van der Waals surface area contributed by atoms with Crippen molar-refractivity contribution in [1.82, 2.24) is 14.8 Å². The Hall–Kier alpha value is -0.900. The second-order valence-corrected chi connectivity index (χ2v) is 6.26. The lowest BCUT2D eigenvalue weighted by Gasteiger charge is -2.24. The fourth-order valence-corrected chi connectivity index (χ4v) is 2.39. The second-order valence-electron chi connectivity index (χ2n) is 6.26. The average molecular weight is 239 g/mol. The van der Waals surface area contributed by atoms with E-state index in [0.29, 0.717) is 17.8 Å². The lowest BCUT2D eigenvalue weighted by molar-refractivity contribution is 0.130. The van der Waals surface area contributed by atoms with Gasteiger partial charge in [-0.3, -0.25) is 4.68 Å². The molecule has 0 aliphatic rings. The normalized spacial score (nSPS) is 15.9. The molecule has 1 N–H and O–H groups in total. The monoisotopic (exact) mass is 239 g/mol. The van der Waals surface area contributed by atoms with Crippen LogP contribution in [0.3, 0.4) is 0 Å². The maximum atomic E-state index is 10.0. The zero-order valence-electron chi connectivity index (χ0n) is 11.6. The summed E-state index contributed by atoms with van der Waals surface area (Å²) in [6, 6.07) is 0. The highest BCUT2D eigenvalue weighted by molar-refractivity contribution is 4.87. The van der Waals surface area contributed by atoms with E-state index in [1.54, 1.807) is 4.68 Å². The Balaban J connectivity index is 2.39. The van der Waals surface area contributed by atoms with E-state index < -0.39 is 0 Å². The third-order valence-electron chi connectivity index (χ3n) is 2.86. The van der Waals surface area contributed by atoms with Gasteiger partial charge in [0.25, 0.3) is 0 Å². The van der Waals surface area contributed by atoms with Crippen LogP contribution in [0.4, 0.5) is 0 Å². The third kappa shape index (κ3) is 5.31. The van der Waals surface area contributed by atoms with Gasteiger partial charge >= 0.3 is 0 Å². The maximum absolute atomic E-state index is 10.0. The molecular weight excluding hydrogens is 214 g/mol. The van der Waals surface area contributed by atoms with Gasteiger partial charge in [0.15, 0.2) is 0 Å². The first-order valence-electron chi connectivity index (χ1n) is 6.29. The van der Waals surface area contributed by atoms with E-state index in [0.717, 1.165) is 18.7 Å². The predicted octanol–water partition coefficient (Wildman–Crippen LogP) is 2.18. The van der Waals surface area contributed by atoms with E-state index in [9.17, 15) is 5.11 Å². The zero-order chi connectivity index (χ0) is 13.1. The summed E-state index contributed by atoms with van der Waals surface area (Å²) >= 11 is 0. The van der Waals surface area contributed by atoms with Crippen molar-refractivity contribution in [3.05, 3.63) is 12.2 Å². The molecule has 2 unspecified atom stereocenters. The molecule has 0 saturated heterocycles. The summed E-state index contributed by atoms with van der Waals surface area (Å²) in [6.45, 7) is 8.90. The summed E-state index contributed by atoms with van der Waals surface area (Å²) < 4.78 is 1.72. The summed E-state index contributed by atoms with van der Waals surface area (Å²) in [4.78, 5) is 4.13. The highest BCUT2D eigenvalue weighted by Crippen LogP contribution is 2.27. The van der Waals surface area contributed by atoms with Crippen molar-refractivity contribution in [2.45, 2.75) is 53.1 Å². The number of aryl methyl sites for hydroxylation is 1. The van der Waals surface area contributed by atoms with Crippen LogP contribution in [0.5, 0.6) is 0 Å². The Kier molecular flexibility index (Phi) is 4.69. The molecule has 0 bridgehead atoms. The standard InChI is InChI=1S/C13H25N3O/c1-10(8-13(2,3)4)6-11(17)7-12-14-9-15-16(12)5/h9-11,17H,6-8H2,1-5H3. The molecule has 17 heavy (non-hydrogen) atoms. The summed E-state index contributed by atoms with van der Waals surface area (Å²) in [6.07, 6.45) is 3.74. The van der Waals surface area contributed by atoms with Crippen LogP contribution >= 0.6 is 0 Å². The van der Waals surface area contributed by atoms with Crippen molar-refractivity contribution in [3.8, 4) is 0 Å². The number of hydrogen-bond donors (Lipinski definition) is 1. The van der Waals surface area contributed by atoms with Gasteiger partial charge in [-0.2, -0.15) is 5.10 Å². The fourth-order valence-electron chi connectivity index (χ4n) is 2.39. The maximum Gasteiger partial charge on any atom is 0.138 e. The number of hydrogen-bond acceptors (Lipinski definition) is 3. The molecule has 0 saturated carbocycles. The molecule has 4 heteroatoms. The van der Waals surface area contributed by atoms with E-state index in [1.165, 1.54) is 6.33 Å². The highest BCUT2D eigenvalue weighted by atomic mass is 16.3. The Morgan fingerprint density at radius 2 is 2.06 bits per heavy atom. The molecule has 0 fully saturated rings. The van der Waals surface area contributed by atoms with Crippen molar-refractivity contribution in [2.75, 3.05) is 0 Å². The Bertz CT molecular complexity index is 341. The third-order valence-corrected chi connectivity index (χ3v) is 2.86. The SMILES string of the molecule is CC(CC(O)Cc1ncnn1C)CC(C)(C)C. The van der Waals surface area contributed by atoms with Gasteiger partial charge in [0.1, 0.15) is 12.2 Å². The van der Waals surface area contributed by atoms with Crippen molar-refractivity contribution in [1.29, 1.82) is 0 Å². The van der Waals surface area contributed by atoms with Crippen LogP contribution in [0.25, 0.3) is 0 Å². The molecule has 0 radical (unpaired) electrons. The minimum absolute atomic E-state index is 0.323. The molecule has 1 rings (SSSR count). The summed E-state index contributed by atoms with van der Waals surface area (Å²) in [5, 5.41) is 14.0. The van der Waals surface area contributed by atoms with Gasteiger partial charge in [0.2, 0.25) is 0 Å². The van der Waals surface area contributed by atoms with E-state index in [4.69, 9.17) is 0 Å². The number of aliphatic hydroxyl groups is 1. The minimum Gasteiger partial charge on any atom is -0.393 e. The van der Waals surface area contributed by atoms with Crippen LogP contribution in [0.15, 0.2) is 6.33 Å². The number of aliphatic hydroxyl groups excluding tert-OH is 1. The molecule has 1 aromatic heterocycles. The van der Waals surface area contributed by atoms with Gasteiger partial charge in [-0.05, 0) is 24.2 Å². The van der Waals surface area contributed by atoms with Gasteiger partial charge in [-0.25, -0.2) is 4.98 Å². The van der Waals surface area contributed by atoms with Crippen LogP contribution < -0.4 is 0 Å². The van der Waals surface area contributed by atoms with E-state index in [1.807, 2.05) is 7.05 Å². The van der Waals surface area contributed by atoms with E-state index in [-0.39, 0.29) is 6.10 Å². The first-order valence-corrected chi connectivity index (χ1v) is 6.29. The van der Waals surface area contributed by atoms with E-state index in [2.05, 4.69) is 37.8 Å². The Morgan fingerprint density at radius 1 is 1.41 bits per heavy atom. The lowest BCUT2D eigenvalue weighted by Crippen LogP contribution is -2.20. The average Bonchev–Trinajstić information content (AvgIpc) is 2.47. The first-order chi connectivity index (χ1) is 7.78. The molecule has 1 aromatic rings. The first kappa shape index (κ1) is 14.2. The minimum atomic E-state index is -0.324. The van der Waals surface area contributed by atoms with Crippen LogP contribution in [-0.2, 0) is 13.5 Å². The van der Waals surface area contributed by atoms with Crippen LogP contribution in [-0.4, -0.2) is 26.0 Å². The quantitative estimate of drug-likeness (QED) is 0.857. The van der Waals surface area contributed by atoms with Gasteiger partial charge in [-0.1, -0.05) is 27.7 Å². The van der Waals surface area contributed by atoms with E-state index >= 15 is 0 Å². The Morgan fingerprint density at radius 3 is 2.53 bits per heavy atom. The molecule has 0 spiro atoms. The number of aromatic nitrogens is 3. The zero-order valence-corrected chi connectivity index (χ0v) is 11.6. The molecule has 4 nitrogen and oxygen atoms in total. The molecule has 0 amide bonds. The molecule has 0 aliphatic heterocycles. The van der Waals surface area contributed by atoms with Crippen molar-refractivity contribution < 1.29 is 5.11 Å². The van der Waals surface area contributed by atoms with Gasteiger partial charge in [0.05, 0.1) is 6.10 Å². The number of nitrogens with zero attached hydrogens (tertiary/aromatic N) is 3. The summed E-state index contributed by atoms with van der Waals surface area (Å²) in [5.74, 6) is 1.37. The molecule has 0 aromatic carbocycles. The van der Waals surface area contributed by atoms with Crippen LogP contribution in [0, 0.1) is 11.3 Å². The topological polar surface area (TPSA) is 50.9 Å².